The number of piperidine rings is 1. The first kappa shape index (κ1) is 20.2. The summed E-state index contributed by atoms with van der Waals surface area (Å²) in [5, 5.41) is 0. The summed E-state index contributed by atoms with van der Waals surface area (Å²) in [5.41, 5.74) is 0.467. The van der Waals surface area contributed by atoms with E-state index in [0.717, 1.165) is 37.2 Å². The van der Waals surface area contributed by atoms with Crippen molar-refractivity contribution >= 4 is 27.7 Å². The Morgan fingerprint density at radius 1 is 1.28 bits per heavy atom. The summed E-state index contributed by atoms with van der Waals surface area (Å²) >= 11 is 1.45. The zero-order valence-electron chi connectivity index (χ0n) is 14.8. The second kappa shape index (κ2) is 9.56. The molecule has 0 saturated carbocycles. The number of hydrogen-bond acceptors (Lipinski definition) is 5. The molecule has 0 radical (unpaired) electrons. The summed E-state index contributed by atoms with van der Waals surface area (Å²) < 4.78 is 32.4. The zero-order valence-corrected chi connectivity index (χ0v) is 16.4. The standard InChI is InChI=1S/C17H26N2O4S2/c1-23-12-6-9-18-25(21,22)14-7-8-16(24-2)15(13-14)17(20)19-10-4-3-5-11-19/h7-8,13,18H,3-6,9-12H2,1-2H3. The lowest BCUT2D eigenvalue weighted by Gasteiger charge is -2.27. The number of nitrogens with one attached hydrogen (secondary N) is 1. The van der Waals surface area contributed by atoms with Crippen molar-refractivity contribution in [1.29, 1.82) is 0 Å². The first-order valence-electron chi connectivity index (χ1n) is 8.45. The third kappa shape index (κ3) is 5.44. The maximum absolute atomic E-state index is 12.8. The van der Waals surface area contributed by atoms with Gasteiger partial charge < -0.3 is 9.64 Å². The number of amides is 1. The molecular weight excluding hydrogens is 360 g/mol. The molecule has 0 spiro atoms. The van der Waals surface area contributed by atoms with Crippen molar-refractivity contribution in [3.05, 3.63) is 23.8 Å². The predicted octanol–water partition coefficient (Wildman–Crippen LogP) is 2.35. The lowest BCUT2D eigenvalue weighted by atomic mass is 10.1. The molecule has 1 heterocycles. The number of rotatable bonds is 8. The summed E-state index contributed by atoms with van der Waals surface area (Å²) in [5.74, 6) is -0.0829. The highest BCUT2D eigenvalue weighted by Crippen LogP contribution is 2.26. The molecule has 0 unspecified atom stereocenters. The fourth-order valence-electron chi connectivity index (χ4n) is 2.80. The lowest BCUT2D eigenvalue weighted by molar-refractivity contribution is 0.0720. The van der Waals surface area contributed by atoms with Gasteiger partial charge in [-0.15, -0.1) is 11.8 Å². The first-order valence-corrected chi connectivity index (χ1v) is 11.2. The van der Waals surface area contributed by atoms with E-state index in [2.05, 4.69) is 4.72 Å². The quantitative estimate of drug-likeness (QED) is 0.548. The highest BCUT2D eigenvalue weighted by atomic mass is 32.2. The molecule has 140 valence electrons. The maximum atomic E-state index is 12.8. The number of carbonyl (C=O) groups is 1. The Labute approximate surface area is 154 Å². The van der Waals surface area contributed by atoms with Crippen molar-refractivity contribution < 1.29 is 17.9 Å². The van der Waals surface area contributed by atoms with Gasteiger partial charge in [0.25, 0.3) is 5.91 Å². The van der Waals surface area contributed by atoms with Crippen LogP contribution in [-0.2, 0) is 14.8 Å². The minimum Gasteiger partial charge on any atom is -0.385 e. The lowest BCUT2D eigenvalue weighted by Crippen LogP contribution is -2.36. The molecule has 6 nitrogen and oxygen atoms in total. The van der Waals surface area contributed by atoms with Crippen LogP contribution in [0, 0.1) is 0 Å². The number of nitrogens with zero attached hydrogens (tertiary/aromatic N) is 1. The van der Waals surface area contributed by atoms with E-state index in [4.69, 9.17) is 4.74 Å². The van der Waals surface area contributed by atoms with Crippen LogP contribution in [0.4, 0.5) is 0 Å². The molecule has 0 aromatic heterocycles. The molecule has 1 N–H and O–H groups in total. The number of ether oxygens (including phenoxy) is 1. The van der Waals surface area contributed by atoms with Gasteiger partial charge in [-0.05, 0) is 50.1 Å². The Hall–Kier alpha value is -1.09. The van der Waals surface area contributed by atoms with E-state index in [1.165, 1.54) is 17.8 Å². The van der Waals surface area contributed by atoms with Gasteiger partial charge in [0.05, 0.1) is 10.5 Å². The molecule has 8 heteroatoms. The van der Waals surface area contributed by atoms with E-state index in [0.29, 0.717) is 25.1 Å². The minimum atomic E-state index is -3.64. The summed E-state index contributed by atoms with van der Waals surface area (Å²) in [6, 6.07) is 4.77. The van der Waals surface area contributed by atoms with E-state index in [-0.39, 0.29) is 10.8 Å². The van der Waals surface area contributed by atoms with Gasteiger partial charge in [-0.1, -0.05) is 0 Å². The molecule has 1 aliphatic rings. The number of hydrogen-bond donors (Lipinski definition) is 1. The smallest absolute Gasteiger partial charge is 0.255 e. The Morgan fingerprint density at radius 3 is 2.64 bits per heavy atom. The molecule has 1 saturated heterocycles. The molecule has 2 rings (SSSR count). The van der Waals surface area contributed by atoms with Crippen molar-refractivity contribution in [2.45, 2.75) is 35.5 Å². The van der Waals surface area contributed by atoms with Crippen LogP contribution in [0.25, 0.3) is 0 Å². The summed E-state index contributed by atoms with van der Waals surface area (Å²) in [4.78, 5) is 15.6. The summed E-state index contributed by atoms with van der Waals surface area (Å²) in [6.45, 7) is 2.26. The Kier molecular flexibility index (Phi) is 7.74. The normalized spacial score (nSPS) is 15.4. The fraction of sp³-hybridized carbons (Fsp3) is 0.588. The van der Waals surface area contributed by atoms with Crippen LogP contribution in [0.3, 0.4) is 0 Å². The van der Waals surface area contributed by atoms with Crippen molar-refractivity contribution in [2.24, 2.45) is 0 Å². The molecule has 1 aliphatic heterocycles. The summed E-state index contributed by atoms with van der Waals surface area (Å²) in [7, 11) is -2.06. The first-order chi connectivity index (χ1) is 12.0. The number of carbonyl (C=O) groups excluding carboxylic acids is 1. The van der Waals surface area contributed by atoms with E-state index >= 15 is 0 Å². The van der Waals surface area contributed by atoms with Crippen LogP contribution >= 0.6 is 11.8 Å². The van der Waals surface area contributed by atoms with Crippen LogP contribution in [0.15, 0.2) is 28.0 Å². The van der Waals surface area contributed by atoms with Gasteiger partial charge in [0.2, 0.25) is 10.0 Å². The van der Waals surface area contributed by atoms with E-state index in [9.17, 15) is 13.2 Å². The van der Waals surface area contributed by atoms with Gasteiger partial charge in [-0.2, -0.15) is 0 Å². The third-order valence-corrected chi connectivity index (χ3v) is 6.43. The number of benzene rings is 1. The Balaban J connectivity index is 2.22. The maximum Gasteiger partial charge on any atom is 0.255 e. The topological polar surface area (TPSA) is 75.7 Å². The second-order valence-corrected chi connectivity index (χ2v) is 8.57. The monoisotopic (exact) mass is 386 g/mol. The number of methoxy groups -OCH3 is 1. The fourth-order valence-corrected chi connectivity index (χ4v) is 4.47. The van der Waals surface area contributed by atoms with Gasteiger partial charge in [-0.25, -0.2) is 13.1 Å². The van der Waals surface area contributed by atoms with Gasteiger partial charge in [-0.3, -0.25) is 4.79 Å². The SMILES string of the molecule is COCCCNS(=O)(=O)c1ccc(SC)c(C(=O)N2CCCCC2)c1. The minimum absolute atomic E-state index is 0.0829. The van der Waals surface area contributed by atoms with Crippen LogP contribution in [0.1, 0.15) is 36.0 Å². The van der Waals surface area contributed by atoms with Crippen molar-refractivity contribution in [1.82, 2.24) is 9.62 Å². The Morgan fingerprint density at radius 2 is 2.00 bits per heavy atom. The third-order valence-electron chi connectivity index (χ3n) is 4.17. The average molecular weight is 387 g/mol. The van der Waals surface area contributed by atoms with Crippen LogP contribution in [-0.4, -0.2) is 58.8 Å². The van der Waals surface area contributed by atoms with Crippen LogP contribution < -0.4 is 4.72 Å². The van der Waals surface area contributed by atoms with Crippen molar-refractivity contribution in [2.75, 3.05) is 39.6 Å². The number of sulfonamides is 1. The molecule has 0 atom stereocenters. The molecule has 1 aromatic rings. The highest BCUT2D eigenvalue weighted by molar-refractivity contribution is 7.98. The van der Waals surface area contributed by atoms with E-state index < -0.39 is 10.0 Å². The molecular formula is C17H26N2O4S2. The number of likely N-dealkylation sites (tertiary alicyclic amines) is 1. The van der Waals surface area contributed by atoms with Crippen LogP contribution in [0.5, 0.6) is 0 Å². The Bertz CT molecular complexity index is 686. The van der Waals surface area contributed by atoms with Gasteiger partial charge in [0, 0.05) is 38.2 Å². The van der Waals surface area contributed by atoms with Gasteiger partial charge >= 0.3 is 0 Å². The zero-order chi connectivity index (χ0) is 18.3. The van der Waals surface area contributed by atoms with E-state index in [1.54, 1.807) is 19.2 Å². The average Bonchev–Trinajstić information content (AvgIpc) is 2.65. The molecule has 1 aromatic carbocycles. The molecule has 25 heavy (non-hydrogen) atoms. The predicted molar refractivity (Wildman–Crippen MR) is 99.7 cm³/mol. The summed E-state index contributed by atoms with van der Waals surface area (Å²) in [6.07, 6.45) is 5.62. The second-order valence-electron chi connectivity index (χ2n) is 5.96. The number of thioether (sulfide) groups is 1. The van der Waals surface area contributed by atoms with Crippen LogP contribution in [0.2, 0.25) is 0 Å². The molecule has 1 amide bonds. The van der Waals surface area contributed by atoms with Crippen molar-refractivity contribution in [3.8, 4) is 0 Å². The molecule has 1 fully saturated rings. The molecule has 0 bridgehead atoms. The largest absolute Gasteiger partial charge is 0.385 e. The molecule has 0 aliphatic carbocycles. The van der Waals surface area contributed by atoms with E-state index in [1.807, 2.05) is 11.2 Å². The van der Waals surface area contributed by atoms with Gasteiger partial charge in [0.1, 0.15) is 0 Å². The van der Waals surface area contributed by atoms with Gasteiger partial charge in [0.15, 0.2) is 0 Å². The van der Waals surface area contributed by atoms with Crippen molar-refractivity contribution in [3.63, 3.8) is 0 Å². The highest BCUT2D eigenvalue weighted by Gasteiger charge is 2.23.